The highest BCUT2D eigenvalue weighted by atomic mass is 35.5. The molecule has 0 amide bonds. The topological polar surface area (TPSA) is 71.1 Å². The Bertz CT molecular complexity index is 620. The molecule has 0 heterocycles. The van der Waals surface area contributed by atoms with E-state index in [0.717, 1.165) is 11.4 Å². The molecule has 0 aliphatic carbocycles. The van der Waals surface area contributed by atoms with Gasteiger partial charge in [-0.25, -0.2) is 0 Å². The summed E-state index contributed by atoms with van der Waals surface area (Å²) in [5, 5.41) is 12.4. The average molecular weight is 288 g/mol. The highest BCUT2D eigenvalue weighted by Gasteiger charge is 2.01. The molecule has 102 valence electrons. The first-order valence-electron chi connectivity index (χ1n) is 6.11. The van der Waals surface area contributed by atoms with Crippen LogP contribution in [-0.4, -0.2) is 13.2 Å². The van der Waals surface area contributed by atoms with Crippen LogP contribution in [0.25, 0.3) is 0 Å². The minimum Gasteiger partial charge on any atom is -0.492 e. The largest absolute Gasteiger partial charge is 0.492 e. The zero-order chi connectivity index (χ0) is 14.4. The lowest BCUT2D eigenvalue weighted by atomic mass is 10.2. The number of nitrogens with one attached hydrogen (secondary N) is 1. The van der Waals surface area contributed by atoms with E-state index in [4.69, 9.17) is 27.3 Å². The molecule has 5 heteroatoms. The van der Waals surface area contributed by atoms with E-state index in [1.807, 2.05) is 18.2 Å². The lowest BCUT2D eigenvalue weighted by Gasteiger charge is -2.10. The Labute approximate surface area is 122 Å². The van der Waals surface area contributed by atoms with Crippen LogP contribution in [-0.2, 0) is 0 Å². The van der Waals surface area contributed by atoms with Crippen molar-refractivity contribution in [2.75, 3.05) is 24.2 Å². The van der Waals surface area contributed by atoms with Crippen molar-refractivity contribution in [2.45, 2.75) is 0 Å². The second kappa shape index (κ2) is 6.69. The molecule has 4 nitrogen and oxygen atoms in total. The van der Waals surface area contributed by atoms with Crippen molar-refractivity contribution < 1.29 is 4.74 Å². The summed E-state index contributed by atoms with van der Waals surface area (Å²) in [5.41, 5.74) is 7.62. The zero-order valence-electron chi connectivity index (χ0n) is 10.8. The molecule has 2 aromatic rings. The van der Waals surface area contributed by atoms with Gasteiger partial charge >= 0.3 is 0 Å². The van der Waals surface area contributed by atoms with Crippen LogP contribution >= 0.6 is 11.6 Å². The van der Waals surface area contributed by atoms with E-state index >= 15 is 0 Å². The van der Waals surface area contributed by atoms with Crippen LogP contribution in [0.1, 0.15) is 5.56 Å². The Morgan fingerprint density at radius 3 is 2.60 bits per heavy atom. The van der Waals surface area contributed by atoms with Crippen molar-refractivity contribution in [1.82, 2.24) is 0 Å². The predicted molar refractivity (Wildman–Crippen MR) is 81.0 cm³/mol. The van der Waals surface area contributed by atoms with Gasteiger partial charge in [-0.15, -0.1) is 0 Å². The Morgan fingerprint density at radius 1 is 1.20 bits per heavy atom. The lowest BCUT2D eigenvalue weighted by molar-refractivity contribution is 0.333. The fourth-order valence-corrected chi connectivity index (χ4v) is 1.89. The van der Waals surface area contributed by atoms with E-state index in [1.54, 1.807) is 30.3 Å². The third-order valence-corrected chi connectivity index (χ3v) is 2.98. The summed E-state index contributed by atoms with van der Waals surface area (Å²) in [4.78, 5) is 0. The van der Waals surface area contributed by atoms with Gasteiger partial charge in [-0.1, -0.05) is 11.6 Å². The minimum atomic E-state index is 0.500. The molecule has 0 spiro atoms. The molecule has 2 rings (SSSR count). The van der Waals surface area contributed by atoms with E-state index < -0.39 is 0 Å². The summed E-state index contributed by atoms with van der Waals surface area (Å²) in [6.45, 7) is 1.11. The van der Waals surface area contributed by atoms with Crippen LogP contribution in [0.2, 0.25) is 5.02 Å². The molecule has 0 fully saturated rings. The van der Waals surface area contributed by atoms with Crippen molar-refractivity contribution in [1.29, 1.82) is 5.26 Å². The van der Waals surface area contributed by atoms with Crippen molar-refractivity contribution >= 4 is 23.0 Å². The number of hydrogen-bond donors (Lipinski definition) is 2. The number of hydrogen-bond acceptors (Lipinski definition) is 4. The Hall–Kier alpha value is -2.38. The summed E-state index contributed by atoms with van der Waals surface area (Å²) in [7, 11) is 0. The third-order valence-electron chi connectivity index (χ3n) is 2.66. The van der Waals surface area contributed by atoms with Crippen LogP contribution < -0.4 is 15.8 Å². The first-order valence-corrected chi connectivity index (χ1v) is 6.48. The number of nitrogens with two attached hydrogens (primary N) is 1. The summed E-state index contributed by atoms with van der Waals surface area (Å²) in [5.74, 6) is 0.770. The smallest absolute Gasteiger partial charge is 0.119 e. The molecule has 3 N–H and O–H groups in total. The molecule has 0 radical (unpaired) electrons. The fraction of sp³-hybridized carbons (Fsp3) is 0.133. The van der Waals surface area contributed by atoms with Gasteiger partial charge in [-0.3, -0.25) is 0 Å². The molecule has 0 bridgehead atoms. The van der Waals surface area contributed by atoms with Gasteiger partial charge in [-0.2, -0.15) is 5.26 Å². The normalized spacial score (nSPS) is 9.80. The maximum Gasteiger partial charge on any atom is 0.119 e. The standard InChI is InChI=1S/C15H14ClN3O/c16-14-9-11(10-17)1-6-15(14)19-7-8-20-13-4-2-12(18)3-5-13/h1-6,9,19H,7-8,18H2. The summed E-state index contributed by atoms with van der Waals surface area (Å²) in [6, 6.07) is 14.4. The highest BCUT2D eigenvalue weighted by molar-refractivity contribution is 6.33. The molecule has 0 saturated heterocycles. The van der Waals surface area contributed by atoms with E-state index in [-0.39, 0.29) is 0 Å². The van der Waals surface area contributed by atoms with Crippen molar-refractivity contribution in [3.05, 3.63) is 53.1 Å². The van der Waals surface area contributed by atoms with Gasteiger partial charge in [0.05, 0.1) is 22.3 Å². The number of nitriles is 1. The van der Waals surface area contributed by atoms with Gasteiger partial charge in [0.1, 0.15) is 12.4 Å². The van der Waals surface area contributed by atoms with Gasteiger partial charge in [0.15, 0.2) is 0 Å². The van der Waals surface area contributed by atoms with Crippen LogP contribution in [0.3, 0.4) is 0 Å². The molecule has 0 saturated carbocycles. The van der Waals surface area contributed by atoms with E-state index in [1.165, 1.54) is 0 Å². The third kappa shape index (κ3) is 3.81. The van der Waals surface area contributed by atoms with Gasteiger partial charge in [0.2, 0.25) is 0 Å². The van der Waals surface area contributed by atoms with Crippen LogP contribution in [0.4, 0.5) is 11.4 Å². The maximum atomic E-state index is 8.75. The van der Waals surface area contributed by atoms with Crippen LogP contribution in [0.15, 0.2) is 42.5 Å². The molecule has 0 aliphatic heterocycles. The molecule has 0 unspecified atom stereocenters. The van der Waals surface area contributed by atoms with E-state index in [9.17, 15) is 0 Å². The first-order chi connectivity index (χ1) is 9.69. The minimum absolute atomic E-state index is 0.500. The molecule has 0 aromatic heterocycles. The molecular formula is C15H14ClN3O. The quantitative estimate of drug-likeness (QED) is 0.654. The van der Waals surface area contributed by atoms with Gasteiger partial charge in [0, 0.05) is 12.2 Å². The van der Waals surface area contributed by atoms with Crippen molar-refractivity contribution in [3.8, 4) is 11.8 Å². The number of anilines is 2. The predicted octanol–water partition coefficient (Wildman–Crippen LogP) is 3.28. The Kier molecular flexibility index (Phi) is 4.70. The van der Waals surface area contributed by atoms with E-state index in [0.29, 0.717) is 29.4 Å². The van der Waals surface area contributed by atoms with Crippen LogP contribution in [0.5, 0.6) is 5.75 Å². The van der Waals surface area contributed by atoms with Gasteiger partial charge in [-0.05, 0) is 42.5 Å². The summed E-state index contributed by atoms with van der Waals surface area (Å²) in [6.07, 6.45) is 0. The maximum absolute atomic E-state index is 8.75. The Morgan fingerprint density at radius 2 is 1.95 bits per heavy atom. The second-order valence-corrected chi connectivity index (χ2v) is 4.56. The molecule has 0 aliphatic rings. The SMILES string of the molecule is N#Cc1ccc(NCCOc2ccc(N)cc2)c(Cl)c1. The molecule has 0 atom stereocenters. The average Bonchev–Trinajstić information content (AvgIpc) is 2.46. The number of ether oxygens (including phenoxy) is 1. The zero-order valence-corrected chi connectivity index (χ0v) is 11.5. The number of halogens is 1. The fourth-order valence-electron chi connectivity index (χ4n) is 1.65. The summed E-state index contributed by atoms with van der Waals surface area (Å²) < 4.78 is 5.55. The monoisotopic (exact) mass is 287 g/mol. The van der Waals surface area contributed by atoms with Crippen molar-refractivity contribution in [2.24, 2.45) is 0 Å². The number of benzene rings is 2. The molecular weight excluding hydrogens is 274 g/mol. The Balaban J connectivity index is 1.81. The lowest BCUT2D eigenvalue weighted by Crippen LogP contribution is -2.11. The van der Waals surface area contributed by atoms with Gasteiger partial charge in [0.25, 0.3) is 0 Å². The number of nitrogens with zero attached hydrogens (tertiary/aromatic N) is 1. The highest BCUT2D eigenvalue weighted by Crippen LogP contribution is 2.22. The second-order valence-electron chi connectivity index (χ2n) is 4.15. The molecule has 20 heavy (non-hydrogen) atoms. The number of nitrogen functional groups attached to an aromatic ring is 1. The van der Waals surface area contributed by atoms with E-state index in [2.05, 4.69) is 5.32 Å². The number of rotatable bonds is 5. The van der Waals surface area contributed by atoms with Crippen LogP contribution in [0, 0.1) is 11.3 Å². The first kappa shape index (κ1) is 14.0. The molecule has 2 aromatic carbocycles. The summed E-state index contributed by atoms with van der Waals surface area (Å²) >= 11 is 6.05. The van der Waals surface area contributed by atoms with Gasteiger partial charge < -0.3 is 15.8 Å². The van der Waals surface area contributed by atoms with Crippen molar-refractivity contribution in [3.63, 3.8) is 0 Å².